The first-order valence-corrected chi connectivity index (χ1v) is 13.6. The number of carbonyl (C=O) groups excluding carboxylic acids is 2. The summed E-state index contributed by atoms with van der Waals surface area (Å²) in [5.41, 5.74) is -0.130. The second kappa shape index (κ2) is 13.4. The Hall–Kier alpha value is -3.20. The van der Waals surface area contributed by atoms with Gasteiger partial charge in [0.25, 0.3) is 11.7 Å². The topological polar surface area (TPSA) is 175 Å². The molecule has 14 heteroatoms. The minimum absolute atomic E-state index is 0.130. The molecule has 1 saturated heterocycles. The molecular weight excluding hydrogens is 582 g/mol. The molecular formula is C28H31ClF2N2O9. The average molecular weight is 613 g/mol. The van der Waals surface area contributed by atoms with Crippen molar-refractivity contribution in [2.24, 2.45) is 5.92 Å². The third kappa shape index (κ3) is 7.60. The number of hydrogen-bond donors (Lipinski definition) is 6. The second-order valence-electron chi connectivity index (χ2n) is 10.4. The molecule has 0 aromatic heterocycles. The molecule has 1 aliphatic carbocycles. The minimum atomic E-state index is -2.69. The lowest BCUT2D eigenvalue weighted by Crippen LogP contribution is -2.68. The van der Waals surface area contributed by atoms with Crippen LogP contribution >= 0.6 is 11.6 Å². The maximum absolute atomic E-state index is 14.2. The van der Waals surface area contributed by atoms with Crippen LogP contribution in [-0.2, 0) is 25.7 Å². The van der Waals surface area contributed by atoms with Crippen LogP contribution in [0.1, 0.15) is 41.6 Å². The summed E-state index contributed by atoms with van der Waals surface area (Å²) in [6.45, 7) is -1.32. The molecule has 0 unspecified atom stereocenters. The highest BCUT2D eigenvalue weighted by Crippen LogP contribution is 2.36. The van der Waals surface area contributed by atoms with E-state index >= 15 is 0 Å². The summed E-state index contributed by atoms with van der Waals surface area (Å²) in [6, 6.07) is 7.65. The van der Waals surface area contributed by atoms with Crippen molar-refractivity contribution in [2.75, 3.05) is 6.54 Å². The van der Waals surface area contributed by atoms with E-state index in [2.05, 4.69) is 10.6 Å². The lowest BCUT2D eigenvalue weighted by Gasteiger charge is -2.46. The Morgan fingerprint density at radius 3 is 2.45 bits per heavy atom. The Balaban J connectivity index is 1.53. The van der Waals surface area contributed by atoms with Crippen molar-refractivity contribution in [3.05, 3.63) is 70.2 Å². The van der Waals surface area contributed by atoms with Crippen LogP contribution in [0.2, 0.25) is 5.02 Å². The van der Waals surface area contributed by atoms with Crippen LogP contribution in [0.4, 0.5) is 8.78 Å². The number of hydrogen-bond acceptors (Lipinski definition) is 8. The highest BCUT2D eigenvalue weighted by molar-refractivity contribution is 6.30. The average Bonchev–Trinajstić information content (AvgIpc) is 3.77. The number of aliphatic hydroxyl groups excluding tert-OH is 3. The fourth-order valence-electron chi connectivity index (χ4n) is 4.64. The van der Waals surface area contributed by atoms with Crippen molar-refractivity contribution < 1.29 is 53.1 Å². The van der Waals surface area contributed by atoms with Gasteiger partial charge < -0.3 is 40.5 Å². The summed E-state index contributed by atoms with van der Waals surface area (Å²) < 4.78 is 39.0. The van der Waals surface area contributed by atoms with Gasteiger partial charge in [-0.25, -0.2) is 13.6 Å². The molecule has 0 spiro atoms. The van der Waals surface area contributed by atoms with Crippen molar-refractivity contribution in [3.63, 3.8) is 0 Å². The molecule has 6 atom stereocenters. The maximum atomic E-state index is 14.2. The molecule has 0 bridgehead atoms. The molecule has 2 aromatic rings. The van der Waals surface area contributed by atoms with Gasteiger partial charge in [-0.2, -0.15) is 0 Å². The molecule has 228 valence electrons. The van der Waals surface area contributed by atoms with Crippen LogP contribution < -0.4 is 10.6 Å². The third-order valence-corrected chi connectivity index (χ3v) is 7.45. The molecule has 6 N–H and O–H groups in total. The standard InChI is InChI=1S/C28H31ClF2N2O9/c29-17-8-6-15(7-9-17)26(38)32-12-20(35)24(37)25-23(33-21(36)10-14-4-5-14)19(34)11-28(42-25,27(39)40)41-13-16-2-1-3-18(30)22(16)31/h1-3,6-9,14,19-20,23-25,34-35,37H,4-5,10-13H2,(H,32,38)(H,33,36)(H,39,40)/t19-,20-,23+,24+,25+,28-/m1/s1. The molecule has 1 aliphatic heterocycles. The fourth-order valence-corrected chi connectivity index (χ4v) is 4.76. The minimum Gasteiger partial charge on any atom is -0.477 e. The normalized spacial score (nSPS) is 25.3. The number of nitrogens with one attached hydrogen (secondary N) is 2. The van der Waals surface area contributed by atoms with E-state index in [-0.39, 0.29) is 23.5 Å². The number of carboxylic acid groups (broad SMARTS) is 1. The van der Waals surface area contributed by atoms with E-state index in [0.29, 0.717) is 5.02 Å². The van der Waals surface area contributed by atoms with E-state index < -0.39 is 85.2 Å². The van der Waals surface area contributed by atoms with E-state index in [9.17, 15) is 43.6 Å². The number of carboxylic acids is 1. The molecule has 42 heavy (non-hydrogen) atoms. The second-order valence-corrected chi connectivity index (χ2v) is 10.9. The van der Waals surface area contributed by atoms with Crippen LogP contribution in [0, 0.1) is 17.6 Å². The Bertz CT molecular complexity index is 1300. The van der Waals surface area contributed by atoms with Crippen molar-refractivity contribution in [1.82, 2.24) is 10.6 Å². The number of rotatable bonds is 12. The predicted octanol–water partition coefficient (Wildman–Crippen LogP) is 1.50. The van der Waals surface area contributed by atoms with E-state index in [0.717, 1.165) is 25.0 Å². The van der Waals surface area contributed by atoms with Gasteiger partial charge in [-0.3, -0.25) is 9.59 Å². The molecule has 0 radical (unpaired) electrons. The highest BCUT2D eigenvalue weighted by Gasteiger charge is 2.56. The Kier molecular flexibility index (Phi) is 10.1. The molecule has 2 amide bonds. The monoisotopic (exact) mass is 612 g/mol. The first-order valence-electron chi connectivity index (χ1n) is 13.3. The summed E-state index contributed by atoms with van der Waals surface area (Å²) in [7, 11) is 0. The zero-order valence-corrected chi connectivity index (χ0v) is 23.0. The third-order valence-electron chi connectivity index (χ3n) is 7.20. The lowest BCUT2D eigenvalue weighted by molar-refractivity contribution is -0.314. The lowest BCUT2D eigenvalue weighted by atomic mass is 9.88. The Morgan fingerprint density at radius 2 is 1.81 bits per heavy atom. The number of halogens is 3. The van der Waals surface area contributed by atoms with Gasteiger partial charge in [-0.15, -0.1) is 0 Å². The summed E-state index contributed by atoms with van der Waals surface area (Å²) in [6.07, 6.45) is -6.12. The van der Waals surface area contributed by atoms with Gasteiger partial charge >= 0.3 is 5.97 Å². The molecule has 2 aliphatic rings. The smallest absolute Gasteiger partial charge is 0.364 e. The fraction of sp³-hybridized carbons (Fsp3) is 0.464. The Morgan fingerprint density at radius 1 is 1.12 bits per heavy atom. The SMILES string of the molecule is O=C(CC1CC1)N[C@@H]1[C@@H]([C@@H](O)[C@H](O)CNC(=O)c2ccc(Cl)cc2)O[C@@](OCc2cccc(F)c2F)(C(=O)O)C[C@H]1O. The van der Waals surface area contributed by atoms with Crippen molar-refractivity contribution in [1.29, 1.82) is 0 Å². The summed E-state index contributed by atoms with van der Waals surface area (Å²) >= 11 is 5.82. The molecule has 1 heterocycles. The van der Waals surface area contributed by atoms with E-state index in [4.69, 9.17) is 21.1 Å². The van der Waals surface area contributed by atoms with Gasteiger partial charge in [0, 0.05) is 35.5 Å². The first-order chi connectivity index (χ1) is 19.9. The molecule has 2 fully saturated rings. The number of ether oxygens (including phenoxy) is 2. The predicted molar refractivity (Wildman–Crippen MR) is 142 cm³/mol. The zero-order chi connectivity index (χ0) is 30.6. The van der Waals surface area contributed by atoms with Crippen LogP contribution in [-0.4, -0.2) is 81.0 Å². The van der Waals surface area contributed by atoms with Crippen molar-refractivity contribution >= 4 is 29.4 Å². The summed E-state index contributed by atoms with van der Waals surface area (Å²) in [4.78, 5) is 37.5. The molecule has 2 aromatic carbocycles. The highest BCUT2D eigenvalue weighted by atomic mass is 35.5. The largest absolute Gasteiger partial charge is 0.477 e. The molecule has 11 nitrogen and oxygen atoms in total. The van der Waals surface area contributed by atoms with Gasteiger partial charge in [0.2, 0.25) is 5.91 Å². The Labute approximate surface area is 244 Å². The van der Waals surface area contributed by atoms with Crippen LogP contribution in [0.3, 0.4) is 0 Å². The maximum Gasteiger partial charge on any atom is 0.364 e. The number of aliphatic carboxylic acids is 1. The number of aliphatic hydroxyl groups is 3. The van der Waals surface area contributed by atoms with E-state index in [1.807, 2.05) is 0 Å². The van der Waals surface area contributed by atoms with Crippen molar-refractivity contribution in [3.8, 4) is 0 Å². The van der Waals surface area contributed by atoms with Crippen LogP contribution in [0.5, 0.6) is 0 Å². The quantitative estimate of drug-likeness (QED) is 0.208. The number of carbonyl (C=O) groups is 3. The number of amides is 2. The molecule has 4 rings (SSSR count). The van der Waals surface area contributed by atoms with Gasteiger partial charge in [0.1, 0.15) is 12.2 Å². The van der Waals surface area contributed by atoms with Crippen LogP contribution in [0.15, 0.2) is 42.5 Å². The summed E-state index contributed by atoms with van der Waals surface area (Å²) in [5, 5.41) is 48.2. The zero-order valence-electron chi connectivity index (χ0n) is 22.2. The van der Waals surface area contributed by atoms with Crippen LogP contribution in [0.25, 0.3) is 0 Å². The number of benzene rings is 2. The van der Waals surface area contributed by atoms with Gasteiger partial charge in [0.15, 0.2) is 11.6 Å². The van der Waals surface area contributed by atoms with Gasteiger partial charge in [-0.1, -0.05) is 23.7 Å². The first kappa shape index (κ1) is 31.7. The van der Waals surface area contributed by atoms with Gasteiger partial charge in [-0.05, 0) is 49.1 Å². The molecule has 1 saturated carbocycles. The van der Waals surface area contributed by atoms with E-state index in [1.54, 1.807) is 0 Å². The van der Waals surface area contributed by atoms with E-state index in [1.165, 1.54) is 30.3 Å². The summed E-state index contributed by atoms with van der Waals surface area (Å²) in [5.74, 6) is -7.86. The van der Waals surface area contributed by atoms with Crippen molar-refractivity contribution in [2.45, 2.75) is 68.5 Å². The van der Waals surface area contributed by atoms with Gasteiger partial charge in [0.05, 0.1) is 24.9 Å².